The van der Waals surface area contributed by atoms with Crippen LogP contribution in [0.5, 0.6) is 5.75 Å². The first-order chi connectivity index (χ1) is 15.2. The van der Waals surface area contributed by atoms with Crippen LogP contribution in [0.3, 0.4) is 0 Å². The van der Waals surface area contributed by atoms with Crippen molar-refractivity contribution < 1.29 is 14.3 Å². The lowest BCUT2D eigenvalue weighted by Crippen LogP contribution is -2.48. The minimum Gasteiger partial charge on any atom is -0.455 e. The molecule has 2 unspecified atom stereocenters. The molecule has 0 radical (unpaired) electrons. The minimum absolute atomic E-state index is 0.316. The number of ether oxygens (including phenoxy) is 2. The third-order valence-electron chi connectivity index (χ3n) is 5.02. The molecule has 4 aromatic rings. The van der Waals surface area contributed by atoms with Gasteiger partial charge in [0, 0.05) is 36.8 Å². The van der Waals surface area contributed by atoms with Crippen molar-refractivity contribution in [3.05, 3.63) is 115 Å². The molecule has 0 aliphatic heterocycles. The second-order valence-corrected chi connectivity index (χ2v) is 6.99. The van der Waals surface area contributed by atoms with Crippen LogP contribution in [-0.2, 0) is 15.3 Å². The van der Waals surface area contributed by atoms with E-state index < -0.39 is 17.8 Å². The number of carbonyl (C=O) groups excluding carboxylic acids is 1. The summed E-state index contributed by atoms with van der Waals surface area (Å²) in [6.45, 7) is 1.87. The largest absolute Gasteiger partial charge is 0.455 e. The molecule has 0 saturated heterocycles. The summed E-state index contributed by atoms with van der Waals surface area (Å²) in [5, 5.41) is 4.31. The summed E-state index contributed by atoms with van der Waals surface area (Å²) in [6, 6.07) is 24.2. The molecular formula is C25H23N3O3. The highest BCUT2D eigenvalue weighted by Crippen LogP contribution is 2.32. The van der Waals surface area contributed by atoms with Gasteiger partial charge in [-0.15, -0.1) is 0 Å². The molecule has 2 heterocycles. The average Bonchev–Trinajstić information content (AvgIpc) is 3.38. The zero-order valence-corrected chi connectivity index (χ0v) is 17.2. The highest BCUT2D eigenvalue weighted by atomic mass is 16.6. The number of benzene rings is 2. The van der Waals surface area contributed by atoms with Gasteiger partial charge in [-0.2, -0.15) is 5.10 Å². The number of hydrogen-bond acceptors (Lipinski definition) is 5. The van der Waals surface area contributed by atoms with E-state index in [1.54, 1.807) is 43.0 Å². The summed E-state index contributed by atoms with van der Waals surface area (Å²) in [5.41, 5.74) is 0.154. The molecule has 156 valence electrons. The van der Waals surface area contributed by atoms with Crippen LogP contribution in [0.4, 0.5) is 0 Å². The number of hydrogen-bond donors (Lipinski definition) is 0. The predicted molar refractivity (Wildman–Crippen MR) is 116 cm³/mol. The minimum atomic E-state index is -1.46. The van der Waals surface area contributed by atoms with Crippen LogP contribution in [0, 0.1) is 0 Å². The molecule has 0 N–H and O–H groups in total. The molecule has 31 heavy (non-hydrogen) atoms. The molecule has 0 amide bonds. The van der Waals surface area contributed by atoms with Gasteiger partial charge in [-0.3, -0.25) is 4.98 Å². The molecule has 2 aromatic heterocycles. The predicted octanol–water partition coefficient (Wildman–Crippen LogP) is 4.75. The highest BCUT2D eigenvalue weighted by Gasteiger charge is 2.45. The van der Waals surface area contributed by atoms with Crippen molar-refractivity contribution in [2.75, 3.05) is 0 Å². The molecular weight excluding hydrogens is 390 g/mol. The summed E-state index contributed by atoms with van der Waals surface area (Å²) in [6.07, 6.45) is 6.38. The zero-order valence-electron chi connectivity index (χ0n) is 17.2. The van der Waals surface area contributed by atoms with Crippen LogP contribution >= 0.6 is 0 Å². The normalized spacial score (nSPS) is 13.7. The lowest BCUT2D eigenvalue weighted by molar-refractivity contribution is -0.179. The van der Waals surface area contributed by atoms with Gasteiger partial charge in [-0.25, -0.2) is 9.48 Å². The fourth-order valence-corrected chi connectivity index (χ4v) is 3.41. The van der Waals surface area contributed by atoms with Gasteiger partial charge >= 0.3 is 5.97 Å². The van der Waals surface area contributed by atoms with E-state index in [0.29, 0.717) is 12.2 Å². The van der Waals surface area contributed by atoms with E-state index in [9.17, 15) is 4.79 Å². The van der Waals surface area contributed by atoms with E-state index in [0.717, 1.165) is 11.1 Å². The number of nitrogens with zero attached hydrogens (tertiary/aromatic N) is 3. The Kier molecular flexibility index (Phi) is 6.08. The van der Waals surface area contributed by atoms with E-state index in [1.807, 2.05) is 67.6 Å². The molecule has 6 heteroatoms. The lowest BCUT2D eigenvalue weighted by atomic mass is 10.0. The Morgan fingerprint density at radius 3 is 2.26 bits per heavy atom. The molecule has 0 bridgehead atoms. The van der Waals surface area contributed by atoms with Crippen molar-refractivity contribution in [3.63, 3.8) is 0 Å². The van der Waals surface area contributed by atoms with Crippen LogP contribution in [0.15, 0.2) is 104 Å². The standard InChI is InChI=1S/C25H23N3O3/c1-2-25(28-18-10-17-27-28,31-22-14-7-4-8-15-22)24(29)30-23(20-11-5-3-6-12-20)21-13-9-16-26-19-21/h3-19,23H,2H2,1H3. The van der Waals surface area contributed by atoms with Crippen molar-refractivity contribution in [1.82, 2.24) is 14.8 Å². The van der Waals surface area contributed by atoms with Gasteiger partial charge in [0.2, 0.25) is 0 Å². The number of aromatic nitrogens is 3. The molecule has 0 aliphatic rings. The third kappa shape index (κ3) is 4.33. The first-order valence-corrected chi connectivity index (χ1v) is 10.1. The van der Waals surface area contributed by atoms with Gasteiger partial charge in [0.05, 0.1) is 0 Å². The Hall–Kier alpha value is -3.93. The van der Waals surface area contributed by atoms with Crippen molar-refractivity contribution in [1.29, 1.82) is 0 Å². The summed E-state index contributed by atoms with van der Waals surface area (Å²) in [7, 11) is 0. The second-order valence-electron chi connectivity index (χ2n) is 6.99. The van der Waals surface area contributed by atoms with Gasteiger partial charge in [0.1, 0.15) is 5.75 Å². The molecule has 0 saturated carbocycles. The second kappa shape index (κ2) is 9.26. The summed E-state index contributed by atoms with van der Waals surface area (Å²) in [5.74, 6) is 0.00898. The van der Waals surface area contributed by atoms with Crippen LogP contribution in [0.2, 0.25) is 0 Å². The fraction of sp³-hybridized carbons (Fsp3) is 0.160. The summed E-state index contributed by atoms with van der Waals surface area (Å²) in [4.78, 5) is 17.9. The van der Waals surface area contributed by atoms with Gasteiger partial charge < -0.3 is 9.47 Å². The van der Waals surface area contributed by atoms with E-state index in [1.165, 1.54) is 4.68 Å². The maximum Gasteiger partial charge on any atom is 0.375 e. The van der Waals surface area contributed by atoms with E-state index in [4.69, 9.17) is 9.47 Å². The average molecular weight is 413 g/mol. The van der Waals surface area contributed by atoms with Crippen molar-refractivity contribution in [3.8, 4) is 5.75 Å². The Morgan fingerprint density at radius 2 is 1.65 bits per heavy atom. The Morgan fingerprint density at radius 1 is 0.935 bits per heavy atom. The highest BCUT2D eigenvalue weighted by molar-refractivity contribution is 5.78. The quantitative estimate of drug-likeness (QED) is 0.390. The first kappa shape index (κ1) is 20.3. The van der Waals surface area contributed by atoms with E-state index in [2.05, 4.69) is 10.1 Å². The van der Waals surface area contributed by atoms with Gasteiger partial charge in [-0.1, -0.05) is 61.5 Å². The molecule has 0 aliphatic carbocycles. The van der Waals surface area contributed by atoms with Crippen LogP contribution in [-0.4, -0.2) is 20.7 Å². The topological polar surface area (TPSA) is 66.2 Å². The number of carbonyl (C=O) groups is 1. The molecule has 4 rings (SSSR count). The van der Waals surface area contributed by atoms with Crippen molar-refractivity contribution in [2.45, 2.75) is 25.2 Å². The first-order valence-electron chi connectivity index (χ1n) is 10.1. The Labute approximate surface area is 181 Å². The van der Waals surface area contributed by atoms with E-state index in [-0.39, 0.29) is 0 Å². The van der Waals surface area contributed by atoms with Crippen LogP contribution in [0.25, 0.3) is 0 Å². The van der Waals surface area contributed by atoms with Gasteiger partial charge in [0.25, 0.3) is 5.72 Å². The molecule has 2 aromatic carbocycles. The number of rotatable bonds is 8. The number of para-hydroxylation sites is 1. The molecule has 0 fully saturated rings. The van der Waals surface area contributed by atoms with Gasteiger partial charge in [-0.05, 0) is 29.8 Å². The van der Waals surface area contributed by atoms with Gasteiger partial charge in [0.15, 0.2) is 6.10 Å². The summed E-state index contributed by atoms with van der Waals surface area (Å²) >= 11 is 0. The van der Waals surface area contributed by atoms with Crippen LogP contribution < -0.4 is 4.74 Å². The SMILES string of the molecule is CCC(Oc1ccccc1)(C(=O)OC(c1ccccc1)c1cccnc1)n1cccn1. The summed E-state index contributed by atoms with van der Waals surface area (Å²) < 4.78 is 13.9. The monoisotopic (exact) mass is 413 g/mol. The zero-order chi connectivity index (χ0) is 21.5. The Balaban J connectivity index is 1.73. The molecule has 0 spiro atoms. The van der Waals surface area contributed by atoms with E-state index >= 15 is 0 Å². The van der Waals surface area contributed by atoms with Crippen LogP contribution in [0.1, 0.15) is 30.6 Å². The fourth-order valence-electron chi connectivity index (χ4n) is 3.41. The van der Waals surface area contributed by atoms with Crippen molar-refractivity contribution >= 4 is 5.97 Å². The number of esters is 1. The third-order valence-corrected chi connectivity index (χ3v) is 5.02. The number of pyridine rings is 1. The van der Waals surface area contributed by atoms with Crippen molar-refractivity contribution in [2.24, 2.45) is 0 Å². The maximum absolute atomic E-state index is 13.7. The molecule has 2 atom stereocenters. The molecule has 6 nitrogen and oxygen atoms in total. The maximum atomic E-state index is 13.7. The lowest BCUT2D eigenvalue weighted by Gasteiger charge is -2.33. The smallest absolute Gasteiger partial charge is 0.375 e. The Bertz CT molecular complexity index is 1050.